The maximum atomic E-state index is 13.3. The summed E-state index contributed by atoms with van der Waals surface area (Å²) in [5.41, 5.74) is 2.02. The molecule has 14 rings (SSSR count). The van der Waals surface area contributed by atoms with Crippen LogP contribution in [0.15, 0.2) is 83.1 Å². The van der Waals surface area contributed by atoms with E-state index < -0.39 is 0 Å². The highest BCUT2D eigenvalue weighted by Crippen LogP contribution is 2.61. The minimum Gasteiger partial charge on any atom is -0.455 e. The van der Waals surface area contributed by atoms with Gasteiger partial charge in [0.1, 0.15) is 39.7 Å². The summed E-state index contributed by atoms with van der Waals surface area (Å²) in [4.78, 5) is 28.6. The topological polar surface area (TPSA) is 52.6 Å². The number of carbonyl (C=O) groups excluding carboxylic acids is 2. The maximum Gasteiger partial charge on any atom is 0.356 e. The van der Waals surface area contributed by atoms with Gasteiger partial charge >= 0.3 is 11.9 Å². The van der Waals surface area contributed by atoms with Crippen LogP contribution in [0.5, 0.6) is 5.75 Å². The average Bonchev–Trinajstić information content (AvgIpc) is 4.05. The van der Waals surface area contributed by atoms with Crippen LogP contribution in [0.2, 0.25) is 0 Å². The number of aryl methyl sites for hydroxylation is 2. The van der Waals surface area contributed by atoms with Gasteiger partial charge in [0, 0.05) is 32.8 Å². The molecule has 1 unspecified atom stereocenters. The van der Waals surface area contributed by atoms with Gasteiger partial charge in [0.25, 0.3) is 0 Å². The predicted molar refractivity (Wildman–Crippen MR) is 257 cm³/mol. The van der Waals surface area contributed by atoms with Gasteiger partial charge in [0.05, 0.1) is 5.41 Å². The Morgan fingerprint density at radius 2 is 1.18 bits per heavy atom. The van der Waals surface area contributed by atoms with Gasteiger partial charge in [-0.05, 0) is 217 Å². The molecular formula is C54H69O4S3+3. The van der Waals surface area contributed by atoms with Crippen LogP contribution >= 0.6 is 10.5 Å². The van der Waals surface area contributed by atoms with Gasteiger partial charge < -0.3 is 9.47 Å². The highest BCUT2D eigenvalue weighted by Gasteiger charge is 2.58. The van der Waals surface area contributed by atoms with Crippen LogP contribution in [0.25, 0.3) is 15.0 Å². The smallest absolute Gasteiger partial charge is 0.356 e. The Labute approximate surface area is 374 Å². The third kappa shape index (κ3) is 8.76. The SMILES string of the molecule is CC1(OC(=O)C[S+]2CCCC2)C2CC3CC(C2)CC1C3.Cc1cc([S+]2CCCC2)cc(C)c1OC(=O)C12CC3CC(CC(C3)C1)C2.c1ccc(-[s+]2ccc3ccccc32)cc1. The van der Waals surface area contributed by atoms with Crippen molar-refractivity contribution >= 4 is 54.3 Å². The number of thiophene rings is 1. The van der Waals surface area contributed by atoms with Crippen molar-refractivity contribution in [3.05, 3.63) is 89.3 Å². The van der Waals surface area contributed by atoms with Crippen molar-refractivity contribution in [3.63, 3.8) is 0 Å². The van der Waals surface area contributed by atoms with E-state index in [-0.39, 0.29) is 33.4 Å². The summed E-state index contributed by atoms with van der Waals surface area (Å²) in [6, 6.07) is 26.1. The van der Waals surface area contributed by atoms with Crippen molar-refractivity contribution in [2.75, 3.05) is 28.8 Å². The standard InChI is InChI=1S/C23H31O2S.C17H27O2S.C14H11S/c1-15-7-20(26-5-3-4-6-26)8-16(2)21(15)25-22(24)23-12-17-9-18(13-23)11-19(10-17)14-23;1-17(19-16(18)11-20-4-2-3-5-20)14-7-12-6-13(9-14)10-15(17)8-12;1-2-7-13(8-3-1)15-11-10-12-6-4-5-9-14(12)15/h7-8,17-19H,3-6,9-14H2,1-2H3;12-15H,2-11H2,1H3;1-11H/q3*+1. The van der Waals surface area contributed by atoms with Crippen molar-refractivity contribution in [2.24, 2.45) is 46.8 Å². The first-order valence-electron chi connectivity index (χ1n) is 24.0. The molecule has 8 aliphatic carbocycles. The van der Waals surface area contributed by atoms with Crippen LogP contribution in [0.4, 0.5) is 0 Å². The number of hydrogen-bond donors (Lipinski definition) is 0. The van der Waals surface area contributed by atoms with Crippen molar-refractivity contribution in [1.82, 2.24) is 0 Å². The van der Waals surface area contributed by atoms with E-state index >= 15 is 0 Å². The average molecular weight is 878 g/mol. The zero-order valence-corrected chi connectivity index (χ0v) is 39.5. The van der Waals surface area contributed by atoms with Gasteiger partial charge in [0.15, 0.2) is 14.5 Å². The lowest BCUT2D eigenvalue weighted by atomic mass is 9.49. The number of ether oxygens (including phenoxy) is 2. The van der Waals surface area contributed by atoms with Crippen molar-refractivity contribution in [3.8, 4) is 10.6 Å². The van der Waals surface area contributed by atoms with Crippen molar-refractivity contribution in [1.29, 1.82) is 0 Å². The maximum absolute atomic E-state index is 13.3. The molecule has 10 aliphatic rings. The van der Waals surface area contributed by atoms with E-state index in [1.165, 1.54) is 120 Å². The van der Waals surface area contributed by atoms with Crippen molar-refractivity contribution in [2.45, 2.75) is 128 Å². The summed E-state index contributed by atoms with van der Waals surface area (Å²) < 4.78 is 13.7. The molecule has 3 aromatic carbocycles. The third-order valence-corrected chi connectivity index (χ3v) is 23.4. The summed E-state index contributed by atoms with van der Waals surface area (Å²) in [6.45, 7) is 6.51. The van der Waals surface area contributed by atoms with Crippen molar-refractivity contribution < 1.29 is 19.1 Å². The molecule has 1 aromatic heterocycles. The van der Waals surface area contributed by atoms with Crippen LogP contribution in [0.3, 0.4) is 0 Å². The zero-order chi connectivity index (χ0) is 41.7. The number of esters is 2. The van der Waals surface area contributed by atoms with Crippen LogP contribution in [-0.4, -0.2) is 46.3 Å². The zero-order valence-electron chi connectivity index (χ0n) is 37.0. The Morgan fingerprint density at radius 3 is 1.79 bits per heavy atom. The highest BCUT2D eigenvalue weighted by atomic mass is 32.2. The Balaban J connectivity index is 0.000000114. The van der Waals surface area contributed by atoms with E-state index in [0.717, 1.165) is 65.7 Å². The molecule has 1 atom stereocenters. The van der Waals surface area contributed by atoms with Gasteiger partial charge in [-0.25, -0.2) is 4.79 Å². The van der Waals surface area contributed by atoms with Crippen LogP contribution in [0.1, 0.15) is 114 Å². The lowest BCUT2D eigenvalue weighted by Crippen LogP contribution is -2.58. The molecule has 4 aromatic rings. The molecule has 2 saturated heterocycles. The largest absolute Gasteiger partial charge is 0.455 e. The molecule has 10 fully saturated rings. The first kappa shape index (κ1) is 42.2. The molecule has 324 valence electrons. The summed E-state index contributed by atoms with van der Waals surface area (Å²) >= 11 is 0. The number of hydrogen-bond acceptors (Lipinski definition) is 4. The van der Waals surface area contributed by atoms with E-state index in [9.17, 15) is 9.59 Å². The van der Waals surface area contributed by atoms with Crippen LogP contribution < -0.4 is 4.74 Å². The Morgan fingerprint density at radius 1 is 0.639 bits per heavy atom. The van der Waals surface area contributed by atoms with Gasteiger partial charge in [0.2, 0.25) is 5.75 Å². The molecule has 61 heavy (non-hydrogen) atoms. The van der Waals surface area contributed by atoms with E-state index in [4.69, 9.17) is 9.47 Å². The first-order chi connectivity index (χ1) is 29.6. The van der Waals surface area contributed by atoms with E-state index in [2.05, 4.69) is 98.9 Å². The summed E-state index contributed by atoms with van der Waals surface area (Å²) in [6.07, 6.45) is 19.5. The number of benzene rings is 3. The van der Waals surface area contributed by atoms with Gasteiger partial charge in [-0.2, -0.15) is 0 Å². The molecule has 0 radical (unpaired) electrons. The minimum absolute atomic E-state index is 0.0823. The van der Waals surface area contributed by atoms with E-state index in [1.807, 2.05) is 0 Å². The third-order valence-electron chi connectivity index (χ3n) is 16.5. The Kier molecular flexibility index (Phi) is 12.2. The monoisotopic (exact) mass is 877 g/mol. The van der Waals surface area contributed by atoms with Gasteiger partial charge in [-0.3, -0.25) is 4.79 Å². The van der Waals surface area contributed by atoms with Gasteiger partial charge in [-0.1, -0.05) is 30.3 Å². The fraction of sp³-hybridized carbons (Fsp3) is 0.593. The summed E-state index contributed by atoms with van der Waals surface area (Å²) in [5.74, 6) is 12.5. The molecule has 8 bridgehead atoms. The molecule has 7 heteroatoms. The molecule has 0 spiro atoms. The Hall–Kier alpha value is -2.74. The normalized spacial score (nSPS) is 33.6. The van der Waals surface area contributed by atoms with Crippen LogP contribution in [0, 0.1) is 60.7 Å². The molecule has 3 heterocycles. The second kappa shape index (κ2) is 17.7. The molecule has 2 aliphatic heterocycles. The second-order valence-electron chi connectivity index (χ2n) is 20.9. The predicted octanol–water partition coefficient (Wildman–Crippen LogP) is 12.9. The molecule has 0 N–H and O–H groups in total. The van der Waals surface area contributed by atoms with Gasteiger partial charge in [-0.15, -0.1) is 0 Å². The number of carbonyl (C=O) groups is 2. The molecule has 8 saturated carbocycles. The first-order valence-corrected chi connectivity index (χ1v) is 28.6. The quantitative estimate of drug-likeness (QED) is 0.105. The molecular weight excluding hydrogens is 809 g/mol. The number of rotatable bonds is 7. The lowest BCUT2D eigenvalue weighted by Gasteiger charge is -2.58. The van der Waals surface area contributed by atoms with Crippen LogP contribution in [-0.2, 0) is 36.1 Å². The number of fused-ring (bicyclic) bond motifs is 1. The lowest BCUT2D eigenvalue weighted by molar-refractivity contribution is -0.200. The minimum atomic E-state index is -0.167. The fourth-order valence-electron chi connectivity index (χ4n) is 14.1. The Bertz CT molecular complexity index is 2110. The fourth-order valence-corrected chi connectivity index (χ4v) is 20.6. The summed E-state index contributed by atoms with van der Waals surface area (Å²) in [5, 5.41) is 3.67. The second-order valence-corrected chi connectivity index (χ2v) is 27.4. The summed E-state index contributed by atoms with van der Waals surface area (Å²) in [7, 11) is 0.913. The molecule has 4 nitrogen and oxygen atoms in total. The molecule has 0 amide bonds. The highest BCUT2D eigenvalue weighted by molar-refractivity contribution is 7.97. The van der Waals surface area contributed by atoms with E-state index in [1.54, 1.807) is 0 Å². The van der Waals surface area contributed by atoms with E-state index in [0.29, 0.717) is 39.4 Å².